The Bertz CT molecular complexity index is 1170. The third-order valence-corrected chi connectivity index (χ3v) is 5.12. The average molecular weight is 407 g/mol. The minimum atomic E-state index is -0.456. The molecule has 30 heavy (non-hydrogen) atoms. The van der Waals surface area contributed by atoms with Crippen molar-refractivity contribution in [3.05, 3.63) is 47.5 Å². The van der Waals surface area contributed by atoms with Crippen molar-refractivity contribution < 1.29 is 24.2 Å². The number of nitrogens with one attached hydrogen (secondary N) is 1. The van der Waals surface area contributed by atoms with Crippen molar-refractivity contribution in [3.63, 3.8) is 0 Å². The summed E-state index contributed by atoms with van der Waals surface area (Å²) in [5.41, 5.74) is 2.80. The normalized spacial score (nSPS) is 14.1. The molecule has 0 unspecified atom stereocenters. The summed E-state index contributed by atoms with van der Waals surface area (Å²) >= 11 is 0. The molecule has 0 radical (unpaired) electrons. The summed E-state index contributed by atoms with van der Waals surface area (Å²) in [6, 6.07) is 10.3. The summed E-state index contributed by atoms with van der Waals surface area (Å²) < 4.78 is 10.2. The molecule has 3 aromatic rings. The molecular formula is C22H21N3O5. The van der Waals surface area contributed by atoms with Crippen LogP contribution in [0.25, 0.3) is 10.9 Å². The van der Waals surface area contributed by atoms with Crippen molar-refractivity contribution in [1.82, 2.24) is 4.98 Å². The fourth-order valence-corrected chi connectivity index (χ4v) is 3.58. The van der Waals surface area contributed by atoms with Crippen molar-refractivity contribution in [3.8, 4) is 11.6 Å². The van der Waals surface area contributed by atoms with Gasteiger partial charge in [-0.2, -0.15) is 0 Å². The number of aromatic nitrogens is 1. The molecule has 1 fully saturated rings. The number of H-pyrrole nitrogens is 1. The van der Waals surface area contributed by atoms with E-state index >= 15 is 0 Å². The molecule has 0 spiro atoms. The van der Waals surface area contributed by atoms with Crippen LogP contribution in [0, 0.1) is 0 Å². The first-order chi connectivity index (χ1) is 14.5. The highest BCUT2D eigenvalue weighted by molar-refractivity contribution is 6.05. The molecular weight excluding hydrogens is 386 g/mol. The number of ether oxygens (including phenoxy) is 2. The number of carbonyl (C=O) groups is 2. The summed E-state index contributed by atoms with van der Waals surface area (Å²) in [7, 11) is 2.86. The van der Waals surface area contributed by atoms with Gasteiger partial charge < -0.3 is 24.5 Å². The van der Waals surface area contributed by atoms with E-state index in [1.54, 1.807) is 42.3 Å². The van der Waals surface area contributed by atoms with Gasteiger partial charge in [-0.3, -0.25) is 9.79 Å². The molecule has 2 heterocycles. The highest BCUT2D eigenvalue weighted by Gasteiger charge is 2.22. The third kappa shape index (κ3) is 3.47. The van der Waals surface area contributed by atoms with Crippen LogP contribution in [-0.4, -0.2) is 48.9 Å². The Morgan fingerprint density at radius 1 is 1.23 bits per heavy atom. The number of fused-ring (bicyclic) bond motifs is 1. The summed E-state index contributed by atoms with van der Waals surface area (Å²) in [4.78, 5) is 32.7. The van der Waals surface area contributed by atoms with Gasteiger partial charge >= 0.3 is 5.97 Å². The van der Waals surface area contributed by atoms with E-state index in [1.807, 2.05) is 6.07 Å². The number of aromatic amines is 1. The van der Waals surface area contributed by atoms with E-state index in [0.717, 1.165) is 12.1 Å². The summed E-state index contributed by atoms with van der Waals surface area (Å²) in [6.07, 6.45) is 2.93. The van der Waals surface area contributed by atoms with Gasteiger partial charge in [0.05, 0.1) is 25.3 Å². The third-order valence-electron chi connectivity index (χ3n) is 5.12. The Morgan fingerprint density at radius 2 is 2.07 bits per heavy atom. The lowest BCUT2D eigenvalue weighted by Gasteiger charge is -2.17. The van der Waals surface area contributed by atoms with Gasteiger partial charge in [0.2, 0.25) is 5.91 Å². The lowest BCUT2D eigenvalue weighted by Crippen LogP contribution is -2.23. The van der Waals surface area contributed by atoms with E-state index in [9.17, 15) is 14.7 Å². The number of anilines is 1. The van der Waals surface area contributed by atoms with Crippen molar-refractivity contribution in [2.75, 3.05) is 25.7 Å². The number of benzene rings is 2. The second kappa shape index (κ2) is 7.90. The minimum Gasteiger partial charge on any atom is -0.494 e. The highest BCUT2D eigenvalue weighted by atomic mass is 16.5. The number of aromatic hydroxyl groups is 1. The Labute approximate surface area is 172 Å². The Kier molecular flexibility index (Phi) is 5.14. The number of rotatable bonds is 5. The van der Waals surface area contributed by atoms with Crippen molar-refractivity contribution in [2.45, 2.75) is 12.8 Å². The Morgan fingerprint density at radius 3 is 2.77 bits per heavy atom. The molecule has 1 aliphatic heterocycles. The van der Waals surface area contributed by atoms with Gasteiger partial charge in [0.15, 0.2) is 5.88 Å². The number of methoxy groups -OCH3 is 2. The molecule has 8 heteroatoms. The number of hydrogen-bond donors (Lipinski definition) is 2. The van der Waals surface area contributed by atoms with Crippen LogP contribution >= 0.6 is 0 Å². The number of nitrogens with zero attached hydrogens (tertiary/aromatic N) is 2. The van der Waals surface area contributed by atoms with E-state index in [2.05, 4.69) is 9.98 Å². The number of esters is 1. The molecule has 0 aliphatic carbocycles. The monoisotopic (exact) mass is 407 g/mol. The second-order valence-electron chi connectivity index (χ2n) is 6.90. The van der Waals surface area contributed by atoms with Crippen LogP contribution in [0.1, 0.15) is 28.8 Å². The Hall–Kier alpha value is -3.81. The van der Waals surface area contributed by atoms with E-state index in [1.165, 1.54) is 13.3 Å². The molecule has 1 aliphatic rings. The average Bonchev–Trinajstić information content (AvgIpc) is 3.33. The van der Waals surface area contributed by atoms with Crippen LogP contribution < -0.4 is 9.64 Å². The maximum Gasteiger partial charge on any atom is 0.337 e. The van der Waals surface area contributed by atoms with E-state index in [4.69, 9.17) is 9.47 Å². The topological polar surface area (TPSA) is 104 Å². The molecule has 0 saturated carbocycles. The number of aliphatic imine (C=N–C) groups is 1. The van der Waals surface area contributed by atoms with Gasteiger partial charge in [0.25, 0.3) is 0 Å². The lowest BCUT2D eigenvalue weighted by molar-refractivity contribution is -0.117. The molecule has 1 amide bonds. The maximum atomic E-state index is 12.0. The quantitative estimate of drug-likeness (QED) is 0.497. The second-order valence-corrected chi connectivity index (χ2v) is 6.90. The van der Waals surface area contributed by atoms with Crippen LogP contribution in [-0.2, 0) is 9.53 Å². The van der Waals surface area contributed by atoms with Crippen molar-refractivity contribution in [2.24, 2.45) is 4.99 Å². The summed E-state index contributed by atoms with van der Waals surface area (Å²) in [5, 5.41) is 11.0. The van der Waals surface area contributed by atoms with Gasteiger partial charge in [-0.1, -0.05) is 6.07 Å². The van der Waals surface area contributed by atoms with Gasteiger partial charge in [0, 0.05) is 41.8 Å². The number of hydrogen-bond acceptors (Lipinski definition) is 6. The summed E-state index contributed by atoms with van der Waals surface area (Å²) in [6.45, 7) is 0.696. The SMILES string of the molecule is COC(=O)c1ccc2c(C=Nc3ccc(N4CCCC4=O)cc3OC)c(O)[nH]c2c1. The predicted octanol–water partition coefficient (Wildman–Crippen LogP) is 3.55. The zero-order valence-electron chi connectivity index (χ0n) is 16.6. The number of amides is 1. The maximum absolute atomic E-state index is 12.0. The van der Waals surface area contributed by atoms with Crippen LogP contribution in [0.3, 0.4) is 0 Å². The van der Waals surface area contributed by atoms with Crippen molar-refractivity contribution in [1.29, 1.82) is 0 Å². The predicted molar refractivity (Wildman–Crippen MR) is 113 cm³/mol. The first kappa shape index (κ1) is 19.5. The van der Waals surface area contributed by atoms with Crippen LogP contribution in [0.4, 0.5) is 11.4 Å². The van der Waals surface area contributed by atoms with Crippen LogP contribution in [0.5, 0.6) is 11.6 Å². The first-order valence-electron chi connectivity index (χ1n) is 9.47. The number of carbonyl (C=O) groups excluding carboxylic acids is 2. The Balaban J connectivity index is 1.66. The molecule has 1 aromatic heterocycles. The molecule has 0 atom stereocenters. The van der Waals surface area contributed by atoms with Gasteiger partial charge in [-0.25, -0.2) is 4.79 Å². The molecule has 4 rings (SSSR count). The van der Waals surface area contributed by atoms with Crippen molar-refractivity contribution >= 4 is 40.4 Å². The van der Waals surface area contributed by atoms with Gasteiger partial charge in [-0.05, 0) is 30.7 Å². The zero-order chi connectivity index (χ0) is 21.3. The van der Waals surface area contributed by atoms with E-state index in [0.29, 0.717) is 46.4 Å². The molecule has 2 aromatic carbocycles. The summed E-state index contributed by atoms with van der Waals surface area (Å²) in [5.74, 6) is 0.107. The first-order valence-corrected chi connectivity index (χ1v) is 9.47. The standard InChI is InChI=1S/C22H21N3O5/c1-29-19-11-14(25-9-3-4-20(25)26)6-8-17(19)23-12-16-15-7-5-13(22(28)30-2)10-18(15)24-21(16)27/h5-8,10-12,24,27H,3-4,9H2,1-2H3. The molecule has 1 saturated heterocycles. The minimum absolute atomic E-state index is 0.0611. The lowest BCUT2D eigenvalue weighted by atomic mass is 10.1. The highest BCUT2D eigenvalue weighted by Crippen LogP contribution is 2.34. The zero-order valence-corrected chi connectivity index (χ0v) is 16.6. The fourth-order valence-electron chi connectivity index (χ4n) is 3.58. The molecule has 8 nitrogen and oxygen atoms in total. The van der Waals surface area contributed by atoms with E-state index < -0.39 is 5.97 Å². The molecule has 154 valence electrons. The van der Waals surface area contributed by atoms with Crippen LogP contribution in [0.2, 0.25) is 0 Å². The van der Waals surface area contributed by atoms with E-state index in [-0.39, 0.29) is 11.8 Å². The molecule has 2 N–H and O–H groups in total. The largest absolute Gasteiger partial charge is 0.494 e. The van der Waals surface area contributed by atoms with Gasteiger partial charge in [-0.15, -0.1) is 0 Å². The smallest absolute Gasteiger partial charge is 0.337 e. The fraction of sp³-hybridized carbons (Fsp3) is 0.227. The van der Waals surface area contributed by atoms with Crippen LogP contribution in [0.15, 0.2) is 41.4 Å². The van der Waals surface area contributed by atoms with Gasteiger partial charge in [0.1, 0.15) is 11.4 Å². The molecule has 0 bridgehead atoms.